The Balaban J connectivity index is 2.07. The van der Waals surface area contributed by atoms with E-state index in [0.29, 0.717) is 12.6 Å². The number of carbonyl (C=O) groups is 1. The van der Waals surface area contributed by atoms with Gasteiger partial charge in [-0.3, -0.25) is 0 Å². The van der Waals surface area contributed by atoms with Gasteiger partial charge in [0.1, 0.15) is 0 Å². The molecule has 0 atom stereocenters. The van der Waals surface area contributed by atoms with Gasteiger partial charge >= 0.3 is 6.09 Å². The van der Waals surface area contributed by atoms with Crippen molar-refractivity contribution in [3.05, 3.63) is 34.9 Å². The molecule has 2 N–H and O–H groups in total. The first-order chi connectivity index (χ1) is 8.06. The van der Waals surface area contributed by atoms with Gasteiger partial charge in [-0.2, -0.15) is 0 Å². The monoisotopic (exact) mass is 234 g/mol. The van der Waals surface area contributed by atoms with Gasteiger partial charge < -0.3 is 5.11 Å². The van der Waals surface area contributed by atoms with E-state index in [1.165, 1.54) is 10.6 Å². The lowest BCUT2D eigenvalue weighted by Crippen LogP contribution is -2.42. The van der Waals surface area contributed by atoms with Gasteiger partial charge in [0.05, 0.1) is 6.54 Å². The fourth-order valence-electron chi connectivity index (χ4n) is 1.79. The first-order valence-electron chi connectivity index (χ1n) is 5.89. The average molecular weight is 234 g/mol. The third-order valence-corrected chi connectivity index (χ3v) is 2.97. The molecule has 0 radical (unpaired) electrons. The number of amides is 1. The quantitative estimate of drug-likeness (QED) is 0.787. The molecule has 1 amide bonds. The molecule has 1 aromatic carbocycles. The summed E-state index contributed by atoms with van der Waals surface area (Å²) in [7, 11) is 0. The van der Waals surface area contributed by atoms with Crippen LogP contribution in [0.1, 0.15) is 29.5 Å². The van der Waals surface area contributed by atoms with Crippen molar-refractivity contribution in [3.63, 3.8) is 0 Å². The van der Waals surface area contributed by atoms with Crippen LogP contribution in [0, 0.1) is 13.8 Å². The Bertz CT molecular complexity index is 427. The second-order valence-electron chi connectivity index (χ2n) is 4.70. The van der Waals surface area contributed by atoms with Crippen LogP contribution in [-0.4, -0.2) is 22.3 Å². The fraction of sp³-hybridized carbons (Fsp3) is 0.462. The first-order valence-corrected chi connectivity index (χ1v) is 5.89. The summed E-state index contributed by atoms with van der Waals surface area (Å²) in [5.74, 6) is 0. The number of nitrogens with zero attached hydrogens (tertiary/aromatic N) is 1. The highest BCUT2D eigenvalue weighted by Crippen LogP contribution is 2.20. The smallest absolute Gasteiger partial charge is 0.422 e. The van der Waals surface area contributed by atoms with Crippen molar-refractivity contribution in [3.8, 4) is 0 Å². The molecule has 0 aromatic heterocycles. The van der Waals surface area contributed by atoms with Crippen LogP contribution in [0.15, 0.2) is 18.2 Å². The van der Waals surface area contributed by atoms with Gasteiger partial charge in [-0.15, -0.1) is 0 Å². The van der Waals surface area contributed by atoms with E-state index in [-0.39, 0.29) is 0 Å². The molecule has 1 aliphatic rings. The summed E-state index contributed by atoms with van der Waals surface area (Å²) >= 11 is 0. The minimum atomic E-state index is -0.920. The highest BCUT2D eigenvalue weighted by atomic mass is 16.4. The van der Waals surface area contributed by atoms with Gasteiger partial charge in [0, 0.05) is 6.04 Å². The van der Waals surface area contributed by atoms with Gasteiger partial charge in [0.15, 0.2) is 0 Å². The normalized spacial score (nSPS) is 14.7. The molecule has 0 saturated heterocycles. The van der Waals surface area contributed by atoms with E-state index < -0.39 is 6.09 Å². The van der Waals surface area contributed by atoms with Crippen molar-refractivity contribution in [1.82, 2.24) is 10.4 Å². The summed E-state index contributed by atoms with van der Waals surface area (Å²) in [5, 5.41) is 10.4. The molecule has 0 unspecified atom stereocenters. The fourth-order valence-corrected chi connectivity index (χ4v) is 1.79. The molecule has 2 rings (SSSR count). The number of benzene rings is 1. The topological polar surface area (TPSA) is 52.6 Å². The molecule has 0 aliphatic heterocycles. The van der Waals surface area contributed by atoms with E-state index in [0.717, 1.165) is 24.0 Å². The van der Waals surface area contributed by atoms with Crippen LogP contribution >= 0.6 is 0 Å². The SMILES string of the molecule is Cc1ccc(CN(NC2CC2)C(=O)O)c(C)c1. The molecule has 17 heavy (non-hydrogen) atoms. The predicted molar refractivity (Wildman–Crippen MR) is 65.6 cm³/mol. The van der Waals surface area contributed by atoms with Crippen LogP contribution < -0.4 is 5.43 Å². The van der Waals surface area contributed by atoms with Gasteiger partial charge in [0.25, 0.3) is 0 Å². The first kappa shape index (κ1) is 11.9. The number of hydrogen-bond donors (Lipinski definition) is 2. The Kier molecular flexibility index (Phi) is 3.33. The van der Waals surface area contributed by atoms with Gasteiger partial charge in [-0.25, -0.2) is 15.2 Å². The summed E-state index contributed by atoms with van der Waals surface area (Å²) < 4.78 is 0. The van der Waals surface area contributed by atoms with Crippen LogP contribution in [-0.2, 0) is 6.54 Å². The molecule has 0 spiro atoms. The van der Waals surface area contributed by atoms with Crippen molar-refractivity contribution < 1.29 is 9.90 Å². The Morgan fingerprint density at radius 2 is 2.18 bits per heavy atom. The maximum Gasteiger partial charge on any atom is 0.422 e. The zero-order valence-corrected chi connectivity index (χ0v) is 10.2. The molecule has 4 nitrogen and oxygen atoms in total. The largest absolute Gasteiger partial charge is 0.464 e. The molecule has 0 heterocycles. The summed E-state index contributed by atoms with van der Waals surface area (Å²) in [6.07, 6.45) is 1.21. The summed E-state index contributed by atoms with van der Waals surface area (Å²) in [6, 6.07) is 6.43. The van der Waals surface area contributed by atoms with Gasteiger partial charge in [-0.1, -0.05) is 23.8 Å². The van der Waals surface area contributed by atoms with Crippen LogP contribution in [0.2, 0.25) is 0 Å². The molecule has 1 aliphatic carbocycles. The number of aryl methyl sites for hydroxylation is 2. The lowest BCUT2D eigenvalue weighted by Gasteiger charge is -2.21. The third-order valence-electron chi connectivity index (χ3n) is 2.97. The van der Waals surface area contributed by atoms with E-state index in [4.69, 9.17) is 5.11 Å². The van der Waals surface area contributed by atoms with Crippen LogP contribution in [0.3, 0.4) is 0 Å². The maximum atomic E-state index is 11.1. The maximum absolute atomic E-state index is 11.1. The van der Waals surface area contributed by atoms with Crippen molar-refractivity contribution in [2.45, 2.75) is 39.3 Å². The number of nitrogens with one attached hydrogen (secondary N) is 1. The summed E-state index contributed by atoms with van der Waals surface area (Å²) in [6.45, 7) is 4.45. The highest BCUT2D eigenvalue weighted by Gasteiger charge is 2.26. The molecule has 92 valence electrons. The number of carboxylic acid groups (broad SMARTS) is 1. The zero-order chi connectivity index (χ0) is 12.4. The Hall–Kier alpha value is -1.55. The van der Waals surface area contributed by atoms with Crippen LogP contribution in [0.5, 0.6) is 0 Å². The van der Waals surface area contributed by atoms with E-state index in [2.05, 4.69) is 11.5 Å². The van der Waals surface area contributed by atoms with Crippen molar-refractivity contribution in [2.24, 2.45) is 0 Å². The number of hydrazine groups is 1. The van der Waals surface area contributed by atoms with Crippen molar-refractivity contribution in [1.29, 1.82) is 0 Å². The van der Waals surface area contributed by atoms with Crippen LogP contribution in [0.4, 0.5) is 4.79 Å². The summed E-state index contributed by atoms with van der Waals surface area (Å²) in [4.78, 5) is 11.1. The van der Waals surface area contributed by atoms with Crippen molar-refractivity contribution >= 4 is 6.09 Å². The molecule has 1 fully saturated rings. The average Bonchev–Trinajstić information content (AvgIpc) is 3.04. The Labute approximate surface area is 101 Å². The van der Waals surface area contributed by atoms with E-state index in [9.17, 15) is 4.79 Å². The lowest BCUT2D eigenvalue weighted by atomic mass is 10.1. The van der Waals surface area contributed by atoms with E-state index >= 15 is 0 Å². The minimum Gasteiger partial charge on any atom is -0.464 e. The zero-order valence-electron chi connectivity index (χ0n) is 10.2. The lowest BCUT2D eigenvalue weighted by molar-refractivity contribution is 0.114. The van der Waals surface area contributed by atoms with Gasteiger partial charge in [0.2, 0.25) is 0 Å². The molecular weight excluding hydrogens is 216 g/mol. The van der Waals surface area contributed by atoms with Crippen LogP contribution in [0.25, 0.3) is 0 Å². The van der Waals surface area contributed by atoms with E-state index in [1.54, 1.807) is 0 Å². The molecule has 0 bridgehead atoms. The molecule has 4 heteroatoms. The molecule has 1 saturated carbocycles. The molecular formula is C13H18N2O2. The Morgan fingerprint density at radius 1 is 1.47 bits per heavy atom. The minimum absolute atomic E-state index is 0.344. The second-order valence-corrected chi connectivity index (χ2v) is 4.70. The third kappa shape index (κ3) is 3.20. The highest BCUT2D eigenvalue weighted by molar-refractivity contribution is 5.64. The van der Waals surface area contributed by atoms with E-state index in [1.807, 2.05) is 26.0 Å². The van der Waals surface area contributed by atoms with Crippen molar-refractivity contribution in [2.75, 3.05) is 0 Å². The van der Waals surface area contributed by atoms with Gasteiger partial charge in [-0.05, 0) is 37.8 Å². The Morgan fingerprint density at radius 3 is 2.71 bits per heavy atom. The summed E-state index contributed by atoms with van der Waals surface area (Å²) in [5.41, 5.74) is 6.39. The number of hydrogen-bond acceptors (Lipinski definition) is 2. The number of rotatable bonds is 4. The standard InChI is InChI=1S/C13H18N2O2/c1-9-3-4-11(10(2)7-9)8-15(13(16)17)14-12-5-6-12/h3-4,7,12,14H,5-6,8H2,1-2H3,(H,16,17). The predicted octanol–water partition coefficient (Wildman–Crippen LogP) is 2.45. The second kappa shape index (κ2) is 4.75. The molecule has 1 aromatic rings.